The van der Waals surface area contributed by atoms with E-state index in [0.717, 1.165) is 11.1 Å². The third-order valence-electron chi connectivity index (χ3n) is 2.91. The first-order valence-electron chi connectivity index (χ1n) is 5.86. The molecule has 0 bridgehead atoms. The molecule has 2 nitrogen and oxygen atoms in total. The number of aliphatic hydroxyl groups excluding tert-OH is 1. The second-order valence-electron chi connectivity index (χ2n) is 4.21. The van der Waals surface area contributed by atoms with E-state index in [4.69, 9.17) is 4.74 Å². The first-order chi connectivity index (χ1) is 9.11. The van der Waals surface area contributed by atoms with Crippen molar-refractivity contribution < 1.29 is 14.2 Å². The van der Waals surface area contributed by atoms with Crippen molar-refractivity contribution in [1.29, 1.82) is 0 Å². The summed E-state index contributed by atoms with van der Waals surface area (Å²) in [6, 6.07) is 12.0. The predicted octanol–water partition coefficient (Wildman–Crippen LogP) is 3.87. The van der Waals surface area contributed by atoms with E-state index in [1.54, 1.807) is 25.3 Å². The molecule has 0 saturated carbocycles. The summed E-state index contributed by atoms with van der Waals surface area (Å²) in [5.74, 6) is 0.340. The fourth-order valence-corrected chi connectivity index (χ4v) is 2.37. The maximum absolute atomic E-state index is 13.1. The van der Waals surface area contributed by atoms with E-state index in [2.05, 4.69) is 15.9 Å². The molecule has 1 atom stereocenters. The van der Waals surface area contributed by atoms with Crippen LogP contribution in [0.1, 0.15) is 17.2 Å². The quantitative estimate of drug-likeness (QED) is 0.925. The lowest BCUT2D eigenvalue weighted by Gasteiger charge is -2.15. The molecule has 0 fully saturated rings. The molecule has 2 aromatic rings. The lowest BCUT2D eigenvalue weighted by Crippen LogP contribution is -2.04. The van der Waals surface area contributed by atoms with Gasteiger partial charge in [-0.25, -0.2) is 4.39 Å². The van der Waals surface area contributed by atoms with Crippen LogP contribution < -0.4 is 4.74 Å². The van der Waals surface area contributed by atoms with Crippen LogP contribution in [0.3, 0.4) is 0 Å². The highest BCUT2D eigenvalue weighted by Crippen LogP contribution is 2.28. The van der Waals surface area contributed by atoms with Crippen LogP contribution >= 0.6 is 15.9 Å². The van der Waals surface area contributed by atoms with Gasteiger partial charge in [0.25, 0.3) is 0 Å². The van der Waals surface area contributed by atoms with E-state index in [0.29, 0.717) is 16.6 Å². The SMILES string of the molecule is COc1ccccc1C(O)Cc1ccc(F)c(Br)c1. The minimum atomic E-state index is -0.687. The molecule has 2 aromatic carbocycles. The van der Waals surface area contributed by atoms with Crippen LogP contribution in [0.15, 0.2) is 46.9 Å². The molecule has 4 heteroatoms. The lowest BCUT2D eigenvalue weighted by molar-refractivity contribution is 0.174. The third kappa shape index (κ3) is 3.33. The van der Waals surface area contributed by atoms with Gasteiger partial charge in [0.2, 0.25) is 0 Å². The summed E-state index contributed by atoms with van der Waals surface area (Å²) >= 11 is 3.14. The van der Waals surface area contributed by atoms with Crippen molar-refractivity contribution in [3.05, 3.63) is 63.9 Å². The maximum atomic E-state index is 13.1. The molecular formula is C15H14BrFO2. The number of halogens is 2. The molecule has 0 radical (unpaired) electrons. The first-order valence-corrected chi connectivity index (χ1v) is 6.66. The van der Waals surface area contributed by atoms with Crippen LogP contribution in [0.2, 0.25) is 0 Å². The summed E-state index contributed by atoms with van der Waals surface area (Å²) in [4.78, 5) is 0. The van der Waals surface area contributed by atoms with Gasteiger partial charge in [0.1, 0.15) is 11.6 Å². The van der Waals surface area contributed by atoms with E-state index >= 15 is 0 Å². The molecule has 0 heterocycles. The Morgan fingerprint density at radius 3 is 2.68 bits per heavy atom. The molecule has 100 valence electrons. The molecular weight excluding hydrogens is 311 g/mol. The highest BCUT2D eigenvalue weighted by Gasteiger charge is 2.14. The smallest absolute Gasteiger partial charge is 0.137 e. The van der Waals surface area contributed by atoms with Gasteiger partial charge in [-0.2, -0.15) is 0 Å². The van der Waals surface area contributed by atoms with E-state index in [9.17, 15) is 9.50 Å². The molecule has 0 aliphatic carbocycles. The zero-order valence-electron chi connectivity index (χ0n) is 10.4. The molecule has 0 saturated heterocycles. The summed E-state index contributed by atoms with van der Waals surface area (Å²) in [5, 5.41) is 10.3. The Hall–Kier alpha value is -1.39. The average Bonchev–Trinajstić information content (AvgIpc) is 2.43. The monoisotopic (exact) mass is 324 g/mol. The van der Waals surface area contributed by atoms with Gasteiger partial charge in [-0.15, -0.1) is 0 Å². The highest BCUT2D eigenvalue weighted by molar-refractivity contribution is 9.10. The van der Waals surface area contributed by atoms with E-state index in [1.807, 2.05) is 18.2 Å². The topological polar surface area (TPSA) is 29.5 Å². The molecule has 0 spiro atoms. The Kier molecular flexibility index (Phi) is 4.56. The fraction of sp³-hybridized carbons (Fsp3) is 0.200. The molecule has 0 amide bonds. The van der Waals surface area contributed by atoms with Gasteiger partial charge in [0.05, 0.1) is 17.7 Å². The Balaban J connectivity index is 2.20. The highest BCUT2D eigenvalue weighted by atomic mass is 79.9. The second-order valence-corrected chi connectivity index (χ2v) is 5.06. The molecule has 0 aromatic heterocycles. The van der Waals surface area contributed by atoms with E-state index < -0.39 is 6.10 Å². The normalized spacial score (nSPS) is 12.2. The summed E-state index contributed by atoms with van der Waals surface area (Å²) in [6.45, 7) is 0. The van der Waals surface area contributed by atoms with Crippen molar-refractivity contribution in [3.63, 3.8) is 0 Å². The van der Waals surface area contributed by atoms with Crippen molar-refractivity contribution in [3.8, 4) is 5.75 Å². The molecule has 2 rings (SSSR count). The Morgan fingerprint density at radius 2 is 2.00 bits per heavy atom. The molecule has 1 N–H and O–H groups in total. The van der Waals surface area contributed by atoms with Crippen LogP contribution in [0.25, 0.3) is 0 Å². The minimum absolute atomic E-state index is 0.310. The van der Waals surface area contributed by atoms with Crippen LogP contribution in [-0.2, 0) is 6.42 Å². The standard InChI is InChI=1S/C15H14BrFO2/c1-19-15-5-3-2-4-11(15)14(18)9-10-6-7-13(17)12(16)8-10/h2-8,14,18H,9H2,1H3. The number of benzene rings is 2. The molecule has 1 unspecified atom stereocenters. The summed E-state index contributed by atoms with van der Waals surface area (Å²) in [5.41, 5.74) is 1.58. The number of hydrogen-bond donors (Lipinski definition) is 1. The van der Waals surface area contributed by atoms with Crippen LogP contribution in [-0.4, -0.2) is 12.2 Å². The van der Waals surface area contributed by atoms with Crippen molar-refractivity contribution in [2.75, 3.05) is 7.11 Å². The number of aliphatic hydroxyl groups is 1. The third-order valence-corrected chi connectivity index (χ3v) is 3.52. The number of hydrogen-bond acceptors (Lipinski definition) is 2. The van der Waals surface area contributed by atoms with Crippen molar-refractivity contribution in [1.82, 2.24) is 0 Å². The number of para-hydroxylation sites is 1. The average molecular weight is 325 g/mol. The summed E-state index contributed by atoms with van der Waals surface area (Å²) in [6.07, 6.45) is -0.285. The van der Waals surface area contributed by atoms with Gasteiger partial charge >= 0.3 is 0 Å². The second kappa shape index (κ2) is 6.17. The van der Waals surface area contributed by atoms with Crippen molar-refractivity contribution in [2.24, 2.45) is 0 Å². The number of ether oxygens (including phenoxy) is 1. The Bertz CT molecular complexity index is 572. The lowest BCUT2D eigenvalue weighted by atomic mass is 10.0. The van der Waals surface area contributed by atoms with Crippen LogP contribution in [0, 0.1) is 5.82 Å². The molecule has 0 aliphatic heterocycles. The number of rotatable bonds is 4. The van der Waals surface area contributed by atoms with Gasteiger partial charge in [-0.05, 0) is 39.7 Å². The zero-order chi connectivity index (χ0) is 13.8. The van der Waals surface area contributed by atoms with Crippen molar-refractivity contribution >= 4 is 15.9 Å². The Labute approximate surface area is 120 Å². The van der Waals surface area contributed by atoms with Gasteiger partial charge in [-0.1, -0.05) is 24.3 Å². The first kappa shape index (κ1) is 14.0. The van der Waals surface area contributed by atoms with E-state index in [-0.39, 0.29) is 5.82 Å². The maximum Gasteiger partial charge on any atom is 0.137 e. The predicted molar refractivity (Wildman–Crippen MR) is 75.8 cm³/mol. The molecule has 19 heavy (non-hydrogen) atoms. The minimum Gasteiger partial charge on any atom is -0.496 e. The van der Waals surface area contributed by atoms with Gasteiger partial charge in [-0.3, -0.25) is 0 Å². The molecule has 0 aliphatic rings. The summed E-state index contributed by atoms with van der Waals surface area (Å²) in [7, 11) is 1.57. The Morgan fingerprint density at radius 1 is 1.26 bits per heavy atom. The van der Waals surface area contributed by atoms with Crippen LogP contribution in [0.4, 0.5) is 4.39 Å². The fourth-order valence-electron chi connectivity index (χ4n) is 1.94. The van der Waals surface area contributed by atoms with Gasteiger partial charge in [0.15, 0.2) is 0 Å². The largest absolute Gasteiger partial charge is 0.496 e. The van der Waals surface area contributed by atoms with E-state index in [1.165, 1.54) is 6.07 Å². The van der Waals surface area contributed by atoms with Crippen LogP contribution in [0.5, 0.6) is 5.75 Å². The summed E-state index contributed by atoms with van der Waals surface area (Å²) < 4.78 is 18.8. The zero-order valence-corrected chi connectivity index (χ0v) is 12.0. The van der Waals surface area contributed by atoms with Gasteiger partial charge < -0.3 is 9.84 Å². The van der Waals surface area contributed by atoms with Crippen molar-refractivity contribution in [2.45, 2.75) is 12.5 Å². The number of methoxy groups -OCH3 is 1. The van der Waals surface area contributed by atoms with Gasteiger partial charge in [0, 0.05) is 12.0 Å².